The average Bonchev–Trinajstić information content (AvgIpc) is 2.25. The molecule has 0 atom stereocenters. The molecule has 0 heterocycles. The van der Waals surface area contributed by atoms with Gasteiger partial charge in [0.05, 0.1) is 7.11 Å². The van der Waals surface area contributed by atoms with Gasteiger partial charge in [0.15, 0.2) is 0 Å². The quantitative estimate of drug-likeness (QED) is 0.580. The van der Waals surface area contributed by atoms with Crippen molar-refractivity contribution in [2.45, 2.75) is 19.8 Å². The van der Waals surface area contributed by atoms with Gasteiger partial charge >= 0.3 is 5.97 Å². The maximum atomic E-state index is 11.3. The number of methoxy groups -OCH3 is 1. The summed E-state index contributed by atoms with van der Waals surface area (Å²) in [5.74, 6) is -0.317. The molecule has 0 fully saturated rings. The number of hydrogen-bond donors (Lipinski definition) is 0. The van der Waals surface area contributed by atoms with Crippen molar-refractivity contribution >= 4 is 11.9 Å². The maximum absolute atomic E-state index is 11.3. The van der Waals surface area contributed by atoms with E-state index in [2.05, 4.69) is 4.74 Å². The Hall–Kier alpha value is -1.10. The second kappa shape index (κ2) is 8.23. The van der Waals surface area contributed by atoms with Gasteiger partial charge in [-0.2, -0.15) is 0 Å². The van der Waals surface area contributed by atoms with Gasteiger partial charge in [-0.1, -0.05) is 0 Å². The molecule has 0 saturated heterocycles. The molecule has 0 bridgehead atoms. The molecule has 5 nitrogen and oxygen atoms in total. The van der Waals surface area contributed by atoms with Crippen LogP contribution < -0.4 is 0 Å². The number of likely N-dealkylation sites (N-methyl/N-ethyl adjacent to an activating group) is 1. The lowest BCUT2D eigenvalue weighted by atomic mass is 10.3. The van der Waals surface area contributed by atoms with Gasteiger partial charge < -0.3 is 14.4 Å². The van der Waals surface area contributed by atoms with Crippen LogP contribution in [-0.2, 0) is 19.1 Å². The molecule has 0 N–H and O–H groups in total. The number of ether oxygens (including phenoxy) is 2. The average molecular weight is 217 g/mol. The molecule has 5 heteroatoms. The van der Waals surface area contributed by atoms with E-state index in [4.69, 9.17) is 4.74 Å². The van der Waals surface area contributed by atoms with Crippen LogP contribution in [0.4, 0.5) is 0 Å². The fraction of sp³-hybridized carbons (Fsp3) is 0.800. The van der Waals surface area contributed by atoms with Crippen LogP contribution >= 0.6 is 0 Å². The molecule has 15 heavy (non-hydrogen) atoms. The van der Waals surface area contributed by atoms with Crippen LogP contribution in [0.15, 0.2) is 0 Å². The van der Waals surface area contributed by atoms with E-state index in [1.807, 2.05) is 6.92 Å². The smallest absolute Gasteiger partial charge is 0.305 e. The van der Waals surface area contributed by atoms with Crippen molar-refractivity contribution in [3.05, 3.63) is 0 Å². The second-order valence-electron chi connectivity index (χ2n) is 3.13. The molecule has 0 rings (SSSR count). The van der Waals surface area contributed by atoms with Crippen LogP contribution in [0.5, 0.6) is 0 Å². The zero-order valence-corrected chi connectivity index (χ0v) is 9.62. The summed E-state index contributed by atoms with van der Waals surface area (Å²) in [5.41, 5.74) is 0. The van der Waals surface area contributed by atoms with Crippen molar-refractivity contribution in [1.29, 1.82) is 0 Å². The third-order valence-electron chi connectivity index (χ3n) is 1.96. The molecular formula is C10H19NO4. The Kier molecular flexibility index (Phi) is 7.62. The molecule has 0 spiro atoms. The van der Waals surface area contributed by atoms with Crippen molar-refractivity contribution in [2.24, 2.45) is 0 Å². The van der Waals surface area contributed by atoms with Crippen molar-refractivity contribution in [3.8, 4) is 0 Å². The topological polar surface area (TPSA) is 55.8 Å². The van der Waals surface area contributed by atoms with Gasteiger partial charge in [-0.15, -0.1) is 0 Å². The van der Waals surface area contributed by atoms with Crippen LogP contribution in [0.3, 0.4) is 0 Å². The zero-order valence-electron chi connectivity index (χ0n) is 9.62. The lowest BCUT2D eigenvalue weighted by Gasteiger charge is -2.16. The Morgan fingerprint density at radius 3 is 2.53 bits per heavy atom. The first-order valence-corrected chi connectivity index (χ1v) is 5.00. The highest BCUT2D eigenvalue weighted by Crippen LogP contribution is 1.95. The first-order valence-electron chi connectivity index (χ1n) is 5.00. The first-order chi connectivity index (χ1) is 7.11. The first kappa shape index (κ1) is 13.9. The van der Waals surface area contributed by atoms with Gasteiger partial charge in [0.25, 0.3) is 0 Å². The Bertz CT molecular complexity index is 206. The van der Waals surface area contributed by atoms with E-state index in [1.54, 1.807) is 11.9 Å². The van der Waals surface area contributed by atoms with E-state index in [0.29, 0.717) is 26.0 Å². The summed E-state index contributed by atoms with van der Waals surface area (Å²) in [6, 6.07) is 0. The van der Waals surface area contributed by atoms with Crippen LogP contribution in [0.1, 0.15) is 19.8 Å². The minimum absolute atomic E-state index is 0.0679. The molecule has 0 aromatic carbocycles. The number of amides is 1. The second-order valence-corrected chi connectivity index (χ2v) is 3.13. The molecule has 0 aliphatic heterocycles. The lowest BCUT2D eigenvalue weighted by molar-refractivity contribution is -0.141. The van der Waals surface area contributed by atoms with Crippen LogP contribution in [0.25, 0.3) is 0 Å². The molecular weight excluding hydrogens is 198 g/mol. The predicted octanol–water partition coefficient (Wildman–Crippen LogP) is 0.434. The highest BCUT2D eigenvalue weighted by molar-refractivity contribution is 5.77. The number of rotatable bonds is 7. The van der Waals surface area contributed by atoms with E-state index in [1.165, 1.54) is 7.11 Å². The Morgan fingerprint density at radius 2 is 2.00 bits per heavy atom. The number of nitrogens with zero attached hydrogens (tertiary/aromatic N) is 1. The lowest BCUT2D eigenvalue weighted by Crippen LogP contribution is -2.31. The minimum atomic E-state index is -0.249. The van der Waals surface area contributed by atoms with Gasteiger partial charge in [0.1, 0.15) is 6.61 Å². The van der Waals surface area contributed by atoms with Crippen molar-refractivity contribution in [2.75, 3.05) is 33.9 Å². The fourth-order valence-electron chi connectivity index (χ4n) is 0.987. The molecule has 0 unspecified atom stereocenters. The van der Waals surface area contributed by atoms with Gasteiger partial charge in [0, 0.05) is 26.6 Å². The van der Waals surface area contributed by atoms with E-state index in [-0.39, 0.29) is 18.5 Å². The standard InChI is InChI=1S/C10H19NO4/c1-4-15-8-9(12)11(2)7-5-6-10(13)14-3/h4-8H2,1-3H3. The third-order valence-corrected chi connectivity index (χ3v) is 1.96. The SMILES string of the molecule is CCOCC(=O)N(C)CCCC(=O)OC. The summed E-state index contributed by atoms with van der Waals surface area (Å²) in [5, 5.41) is 0. The van der Waals surface area contributed by atoms with Crippen molar-refractivity contribution in [3.63, 3.8) is 0 Å². The molecule has 0 aromatic heterocycles. The summed E-state index contributed by atoms with van der Waals surface area (Å²) < 4.78 is 9.47. The number of esters is 1. The fourth-order valence-corrected chi connectivity index (χ4v) is 0.987. The number of carbonyl (C=O) groups excluding carboxylic acids is 2. The largest absolute Gasteiger partial charge is 0.469 e. The highest BCUT2D eigenvalue weighted by Gasteiger charge is 2.08. The molecule has 0 radical (unpaired) electrons. The Labute approximate surface area is 90.3 Å². The summed E-state index contributed by atoms with van der Waals surface area (Å²) in [6.45, 7) is 3.01. The monoisotopic (exact) mass is 217 g/mol. The number of hydrogen-bond acceptors (Lipinski definition) is 4. The van der Waals surface area contributed by atoms with Crippen molar-refractivity contribution < 1.29 is 19.1 Å². The number of carbonyl (C=O) groups is 2. The molecule has 0 aromatic rings. The van der Waals surface area contributed by atoms with Crippen LogP contribution in [0.2, 0.25) is 0 Å². The summed E-state index contributed by atoms with van der Waals surface area (Å²) >= 11 is 0. The molecule has 88 valence electrons. The van der Waals surface area contributed by atoms with Gasteiger partial charge in [0.2, 0.25) is 5.91 Å². The summed E-state index contributed by atoms with van der Waals surface area (Å²) in [7, 11) is 3.05. The molecule has 0 saturated carbocycles. The summed E-state index contributed by atoms with van der Waals surface area (Å²) in [6.07, 6.45) is 0.948. The van der Waals surface area contributed by atoms with E-state index >= 15 is 0 Å². The minimum Gasteiger partial charge on any atom is -0.469 e. The van der Waals surface area contributed by atoms with Gasteiger partial charge in [-0.05, 0) is 13.3 Å². The normalized spacial score (nSPS) is 9.80. The molecule has 1 amide bonds. The maximum Gasteiger partial charge on any atom is 0.305 e. The molecule has 0 aliphatic carbocycles. The Balaban J connectivity index is 3.59. The van der Waals surface area contributed by atoms with Gasteiger partial charge in [-0.25, -0.2) is 0 Å². The van der Waals surface area contributed by atoms with E-state index in [0.717, 1.165) is 0 Å². The zero-order chi connectivity index (χ0) is 11.7. The van der Waals surface area contributed by atoms with E-state index < -0.39 is 0 Å². The third kappa shape index (κ3) is 6.90. The van der Waals surface area contributed by atoms with E-state index in [9.17, 15) is 9.59 Å². The molecule has 0 aliphatic rings. The van der Waals surface area contributed by atoms with Crippen molar-refractivity contribution in [1.82, 2.24) is 4.90 Å². The van der Waals surface area contributed by atoms with Crippen LogP contribution in [-0.4, -0.2) is 50.7 Å². The predicted molar refractivity (Wildman–Crippen MR) is 55.4 cm³/mol. The highest BCUT2D eigenvalue weighted by atomic mass is 16.5. The van der Waals surface area contributed by atoms with Gasteiger partial charge in [-0.3, -0.25) is 9.59 Å². The van der Waals surface area contributed by atoms with Crippen LogP contribution in [0, 0.1) is 0 Å². The summed E-state index contributed by atoms with van der Waals surface area (Å²) in [4.78, 5) is 23.7. The Morgan fingerprint density at radius 1 is 1.33 bits per heavy atom.